The summed E-state index contributed by atoms with van der Waals surface area (Å²) >= 11 is 0. The average molecular weight is 351 g/mol. The van der Waals surface area contributed by atoms with Crippen molar-refractivity contribution in [1.82, 2.24) is 25.0 Å². The summed E-state index contributed by atoms with van der Waals surface area (Å²) in [5, 5.41) is 22.7. The summed E-state index contributed by atoms with van der Waals surface area (Å²) in [4.78, 5) is 16.3. The van der Waals surface area contributed by atoms with E-state index in [1.54, 1.807) is 19.2 Å². The third-order valence-corrected chi connectivity index (χ3v) is 4.47. The number of phenols is 1. The van der Waals surface area contributed by atoms with Gasteiger partial charge < -0.3 is 9.52 Å². The second-order valence-corrected chi connectivity index (χ2v) is 6.20. The van der Waals surface area contributed by atoms with Crippen molar-refractivity contribution in [2.75, 3.05) is 0 Å². The molecule has 8 heteroatoms. The molecule has 0 amide bonds. The Bertz CT molecular complexity index is 1180. The van der Waals surface area contributed by atoms with Gasteiger partial charge in [-0.05, 0) is 47.9 Å². The fourth-order valence-corrected chi connectivity index (χ4v) is 3.07. The molecule has 4 rings (SSSR count). The normalized spacial score (nSPS) is 11.5. The lowest BCUT2D eigenvalue weighted by atomic mass is 9.97. The fourth-order valence-electron chi connectivity index (χ4n) is 3.07. The van der Waals surface area contributed by atoms with Crippen molar-refractivity contribution in [3.05, 3.63) is 45.9 Å². The monoisotopic (exact) mass is 351 g/mol. The molecule has 0 unspecified atom stereocenters. The topological polar surface area (TPSA) is 106 Å². The predicted molar refractivity (Wildman–Crippen MR) is 95.1 cm³/mol. The molecule has 0 saturated heterocycles. The molecule has 3 heterocycles. The highest BCUT2D eigenvalue weighted by Crippen LogP contribution is 2.37. The SMILES string of the molecule is CCCCc1cc(=O)oc2c(C)c(O)c(-c3ccn4nnnc4n3)cc12. The van der Waals surface area contributed by atoms with E-state index in [0.717, 1.165) is 30.2 Å². The zero-order valence-electron chi connectivity index (χ0n) is 14.4. The van der Waals surface area contributed by atoms with Gasteiger partial charge in [0, 0.05) is 28.8 Å². The van der Waals surface area contributed by atoms with Crippen LogP contribution in [0.25, 0.3) is 28.0 Å². The lowest BCUT2D eigenvalue weighted by molar-refractivity contribution is 0.470. The zero-order valence-corrected chi connectivity index (χ0v) is 14.4. The molecular formula is C18H17N5O3. The van der Waals surface area contributed by atoms with Crippen LogP contribution in [-0.2, 0) is 6.42 Å². The van der Waals surface area contributed by atoms with E-state index in [2.05, 4.69) is 27.4 Å². The number of unbranched alkanes of at least 4 members (excludes halogenated alkanes) is 1. The first-order valence-corrected chi connectivity index (χ1v) is 8.43. The summed E-state index contributed by atoms with van der Waals surface area (Å²) < 4.78 is 6.81. The third-order valence-electron chi connectivity index (χ3n) is 4.47. The maximum absolute atomic E-state index is 11.9. The summed E-state index contributed by atoms with van der Waals surface area (Å²) in [6, 6.07) is 5.07. The lowest BCUT2D eigenvalue weighted by Crippen LogP contribution is -2.03. The molecule has 0 bridgehead atoms. The lowest BCUT2D eigenvalue weighted by Gasteiger charge is -2.12. The number of tetrazole rings is 1. The van der Waals surface area contributed by atoms with Gasteiger partial charge in [0.15, 0.2) is 0 Å². The Labute approximate surface area is 148 Å². The fraction of sp³-hybridized carbons (Fsp3) is 0.278. The van der Waals surface area contributed by atoms with Crippen LogP contribution in [0.3, 0.4) is 0 Å². The molecule has 8 nitrogen and oxygen atoms in total. The molecular weight excluding hydrogens is 334 g/mol. The number of fused-ring (bicyclic) bond motifs is 2. The summed E-state index contributed by atoms with van der Waals surface area (Å²) in [6.07, 6.45) is 4.43. The minimum Gasteiger partial charge on any atom is -0.507 e. The minimum absolute atomic E-state index is 0.0256. The number of aromatic hydroxyl groups is 1. The molecule has 26 heavy (non-hydrogen) atoms. The zero-order chi connectivity index (χ0) is 18.3. The molecule has 1 N–H and O–H groups in total. The summed E-state index contributed by atoms with van der Waals surface area (Å²) in [5.74, 6) is 0.364. The van der Waals surface area contributed by atoms with E-state index in [4.69, 9.17) is 4.42 Å². The second kappa shape index (κ2) is 6.21. The number of hydrogen-bond donors (Lipinski definition) is 1. The minimum atomic E-state index is -0.409. The van der Waals surface area contributed by atoms with Gasteiger partial charge in [0.1, 0.15) is 11.3 Å². The van der Waals surface area contributed by atoms with E-state index in [1.807, 2.05) is 6.07 Å². The highest BCUT2D eigenvalue weighted by Gasteiger charge is 2.17. The van der Waals surface area contributed by atoms with Crippen molar-refractivity contribution in [1.29, 1.82) is 0 Å². The van der Waals surface area contributed by atoms with Gasteiger partial charge in [-0.3, -0.25) is 0 Å². The Kier molecular flexibility index (Phi) is 3.87. The van der Waals surface area contributed by atoms with Gasteiger partial charge in [-0.15, -0.1) is 0 Å². The van der Waals surface area contributed by atoms with Crippen LogP contribution >= 0.6 is 0 Å². The number of rotatable bonds is 4. The number of aryl methyl sites for hydroxylation is 2. The van der Waals surface area contributed by atoms with Gasteiger partial charge in [0.25, 0.3) is 5.78 Å². The molecule has 0 aliphatic rings. The van der Waals surface area contributed by atoms with Crippen LogP contribution < -0.4 is 5.63 Å². The predicted octanol–water partition coefficient (Wildman–Crippen LogP) is 2.65. The van der Waals surface area contributed by atoms with E-state index in [0.29, 0.717) is 28.2 Å². The molecule has 4 aromatic rings. The van der Waals surface area contributed by atoms with Crippen molar-refractivity contribution in [2.24, 2.45) is 0 Å². The Balaban J connectivity index is 1.98. The number of aromatic nitrogens is 5. The Hall–Kier alpha value is -3.29. The summed E-state index contributed by atoms with van der Waals surface area (Å²) in [7, 11) is 0. The molecule has 0 saturated carbocycles. The smallest absolute Gasteiger partial charge is 0.336 e. The Morgan fingerprint density at radius 2 is 2.15 bits per heavy atom. The molecule has 0 atom stereocenters. The maximum Gasteiger partial charge on any atom is 0.336 e. The van der Waals surface area contributed by atoms with Gasteiger partial charge in [0.05, 0.1) is 5.69 Å². The molecule has 3 aromatic heterocycles. The first-order valence-electron chi connectivity index (χ1n) is 8.43. The van der Waals surface area contributed by atoms with Gasteiger partial charge in [0.2, 0.25) is 0 Å². The molecule has 1 aromatic carbocycles. The van der Waals surface area contributed by atoms with E-state index in [-0.39, 0.29) is 5.75 Å². The highest BCUT2D eigenvalue weighted by molar-refractivity contribution is 5.91. The van der Waals surface area contributed by atoms with Crippen LogP contribution in [0.4, 0.5) is 0 Å². The standard InChI is InChI=1S/C18H17N5O3/c1-3-4-5-11-8-15(24)26-17-10(2)16(25)13(9-12(11)17)14-6-7-23-18(19-14)20-21-22-23/h6-9,25H,3-5H2,1-2H3. The van der Waals surface area contributed by atoms with Crippen LogP contribution in [0.5, 0.6) is 5.75 Å². The average Bonchev–Trinajstić information content (AvgIpc) is 3.10. The first-order chi connectivity index (χ1) is 12.6. The van der Waals surface area contributed by atoms with E-state index in [1.165, 1.54) is 10.6 Å². The molecule has 0 aliphatic carbocycles. The first kappa shape index (κ1) is 16.2. The van der Waals surface area contributed by atoms with E-state index in [9.17, 15) is 9.90 Å². The van der Waals surface area contributed by atoms with Crippen LogP contribution in [0.2, 0.25) is 0 Å². The molecule has 0 spiro atoms. The molecule has 0 radical (unpaired) electrons. The van der Waals surface area contributed by atoms with Gasteiger partial charge in [-0.1, -0.05) is 18.4 Å². The second-order valence-electron chi connectivity index (χ2n) is 6.20. The number of benzene rings is 1. The summed E-state index contributed by atoms with van der Waals surface area (Å²) in [6.45, 7) is 3.83. The van der Waals surface area contributed by atoms with Gasteiger partial charge >= 0.3 is 5.63 Å². The largest absolute Gasteiger partial charge is 0.507 e. The third kappa shape index (κ3) is 2.59. The van der Waals surface area contributed by atoms with Crippen molar-refractivity contribution in [3.63, 3.8) is 0 Å². The summed E-state index contributed by atoms with van der Waals surface area (Å²) in [5.41, 5.74) is 2.51. The van der Waals surface area contributed by atoms with Crippen LogP contribution in [0.1, 0.15) is 30.9 Å². The van der Waals surface area contributed by atoms with Gasteiger partial charge in [-0.25, -0.2) is 9.78 Å². The Morgan fingerprint density at radius 1 is 1.31 bits per heavy atom. The van der Waals surface area contributed by atoms with Crippen LogP contribution in [-0.4, -0.2) is 30.1 Å². The molecule has 0 aliphatic heterocycles. The van der Waals surface area contributed by atoms with Crippen molar-refractivity contribution >= 4 is 16.7 Å². The number of phenolic OH excluding ortho intramolecular Hbond substituents is 1. The molecule has 132 valence electrons. The van der Waals surface area contributed by atoms with Crippen molar-refractivity contribution < 1.29 is 9.52 Å². The van der Waals surface area contributed by atoms with Crippen molar-refractivity contribution in [3.8, 4) is 17.0 Å². The Morgan fingerprint density at radius 3 is 2.96 bits per heavy atom. The van der Waals surface area contributed by atoms with Gasteiger partial charge in [-0.2, -0.15) is 4.52 Å². The maximum atomic E-state index is 11.9. The van der Waals surface area contributed by atoms with E-state index < -0.39 is 5.63 Å². The number of hydrogen-bond acceptors (Lipinski definition) is 7. The quantitative estimate of drug-likeness (QED) is 0.563. The van der Waals surface area contributed by atoms with Crippen molar-refractivity contribution in [2.45, 2.75) is 33.1 Å². The molecule has 0 fully saturated rings. The highest BCUT2D eigenvalue weighted by atomic mass is 16.4. The number of nitrogens with zero attached hydrogens (tertiary/aromatic N) is 5. The van der Waals surface area contributed by atoms with E-state index >= 15 is 0 Å². The van der Waals surface area contributed by atoms with Crippen LogP contribution in [0.15, 0.2) is 33.6 Å². The van der Waals surface area contributed by atoms with Crippen LogP contribution in [0, 0.1) is 6.92 Å².